The highest BCUT2D eigenvalue weighted by molar-refractivity contribution is 5.80. The molecular weight excluding hydrogens is 304 g/mol. The van der Waals surface area contributed by atoms with Crippen LogP contribution in [0, 0.1) is 11.8 Å². The lowest BCUT2D eigenvalue weighted by Gasteiger charge is -2.31. The first-order valence-corrected chi connectivity index (χ1v) is 8.79. The lowest BCUT2D eigenvalue weighted by Crippen LogP contribution is -2.43. The van der Waals surface area contributed by atoms with Crippen molar-refractivity contribution in [3.8, 4) is 5.75 Å². The fourth-order valence-electron chi connectivity index (χ4n) is 2.77. The standard InChI is InChI=1S/C19H28N2O3/c1-15(2)14-20-19(23)16-8-11-21(12-9-16)18(22)10-13-24-17-6-4-3-5-7-17/h3-7,15-16H,8-14H2,1-2H3,(H,20,23). The molecule has 1 N–H and O–H groups in total. The molecule has 24 heavy (non-hydrogen) atoms. The van der Waals surface area contributed by atoms with Gasteiger partial charge in [-0.05, 0) is 30.9 Å². The monoisotopic (exact) mass is 332 g/mol. The Morgan fingerprint density at radius 3 is 2.50 bits per heavy atom. The summed E-state index contributed by atoms with van der Waals surface area (Å²) in [6.07, 6.45) is 1.86. The topological polar surface area (TPSA) is 58.6 Å². The third kappa shape index (κ3) is 5.87. The first-order chi connectivity index (χ1) is 11.6. The van der Waals surface area contributed by atoms with E-state index in [2.05, 4.69) is 19.2 Å². The van der Waals surface area contributed by atoms with E-state index in [1.54, 1.807) is 0 Å². The second-order valence-corrected chi connectivity index (χ2v) is 6.71. The van der Waals surface area contributed by atoms with Crippen molar-refractivity contribution in [1.82, 2.24) is 10.2 Å². The molecule has 0 spiro atoms. The van der Waals surface area contributed by atoms with Crippen LogP contribution in [0.1, 0.15) is 33.1 Å². The maximum absolute atomic E-state index is 12.2. The van der Waals surface area contributed by atoms with E-state index in [4.69, 9.17) is 4.74 Å². The summed E-state index contributed by atoms with van der Waals surface area (Å²) in [7, 11) is 0. The highest BCUT2D eigenvalue weighted by Crippen LogP contribution is 2.18. The zero-order chi connectivity index (χ0) is 17.4. The predicted octanol–water partition coefficient (Wildman–Crippen LogP) is 2.47. The van der Waals surface area contributed by atoms with Crippen molar-refractivity contribution < 1.29 is 14.3 Å². The lowest BCUT2D eigenvalue weighted by molar-refractivity contribution is -0.136. The van der Waals surface area contributed by atoms with Gasteiger partial charge in [0.25, 0.3) is 0 Å². The van der Waals surface area contributed by atoms with E-state index in [1.807, 2.05) is 35.2 Å². The second-order valence-electron chi connectivity index (χ2n) is 6.71. The summed E-state index contributed by atoms with van der Waals surface area (Å²) >= 11 is 0. The van der Waals surface area contributed by atoms with Crippen LogP contribution in [0.4, 0.5) is 0 Å². The SMILES string of the molecule is CC(C)CNC(=O)C1CCN(C(=O)CCOc2ccccc2)CC1. The Kier molecular flexibility index (Phi) is 7.09. The normalized spacial score (nSPS) is 15.4. The van der Waals surface area contributed by atoms with Crippen molar-refractivity contribution in [3.63, 3.8) is 0 Å². The molecule has 1 heterocycles. The summed E-state index contributed by atoms with van der Waals surface area (Å²) in [5, 5.41) is 2.99. The van der Waals surface area contributed by atoms with E-state index in [0.717, 1.165) is 25.1 Å². The zero-order valence-corrected chi connectivity index (χ0v) is 14.7. The first-order valence-electron chi connectivity index (χ1n) is 8.79. The molecular formula is C19H28N2O3. The summed E-state index contributed by atoms with van der Waals surface area (Å²) in [4.78, 5) is 26.1. The molecule has 0 bridgehead atoms. The van der Waals surface area contributed by atoms with Gasteiger partial charge in [-0.2, -0.15) is 0 Å². The number of piperidine rings is 1. The molecule has 1 aromatic carbocycles. The average Bonchev–Trinajstić information content (AvgIpc) is 2.60. The Morgan fingerprint density at radius 2 is 1.88 bits per heavy atom. The number of amides is 2. The highest BCUT2D eigenvalue weighted by Gasteiger charge is 2.27. The largest absolute Gasteiger partial charge is 0.493 e. The molecule has 5 nitrogen and oxygen atoms in total. The van der Waals surface area contributed by atoms with Crippen molar-refractivity contribution in [1.29, 1.82) is 0 Å². The number of carbonyl (C=O) groups is 2. The Hall–Kier alpha value is -2.04. The van der Waals surface area contributed by atoms with Crippen LogP contribution in [-0.2, 0) is 9.59 Å². The van der Waals surface area contributed by atoms with E-state index >= 15 is 0 Å². The molecule has 1 saturated heterocycles. The van der Waals surface area contributed by atoms with E-state index in [9.17, 15) is 9.59 Å². The van der Waals surface area contributed by atoms with Gasteiger partial charge >= 0.3 is 0 Å². The number of nitrogens with zero attached hydrogens (tertiary/aromatic N) is 1. The second kappa shape index (κ2) is 9.30. The molecule has 2 rings (SSSR count). The molecule has 132 valence electrons. The lowest BCUT2D eigenvalue weighted by atomic mass is 9.95. The number of nitrogens with one attached hydrogen (secondary N) is 1. The van der Waals surface area contributed by atoms with Crippen molar-refractivity contribution in [2.75, 3.05) is 26.2 Å². The Labute approximate surface area is 144 Å². The van der Waals surface area contributed by atoms with Gasteiger partial charge in [0.2, 0.25) is 11.8 Å². The smallest absolute Gasteiger partial charge is 0.225 e. The van der Waals surface area contributed by atoms with E-state index < -0.39 is 0 Å². The van der Waals surface area contributed by atoms with Crippen molar-refractivity contribution in [3.05, 3.63) is 30.3 Å². The highest BCUT2D eigenvalue weighted by atomic mass is 16.5. The van der Waals surface area contributed by atoms with Gasteiger partial charge in [0.1, 0.15) is 5.75 Å². The van der Waals surface area contributed by atoms with Crippen LogP contribution in [0.2, 0.25) is 0 Å². The molecule has 1 aromatic rings. The van der Waals surface area contributed by atoms with Crippen LogP contribution < -0.4 is 10.1 Å². The number of carbonyl (C=O) groups excluding carboxylic acids is 2. The molecule has 0 aliphatic carbocycles. The van der Waals surface area contributed by atoms with Gasteiger partial charge in [0.05, 0.1) is 13.0 Å². The van der Waals surface area contributed by atoms with Gasteiger partial charge in [0.15, 0.2) is 0 Å². The minimum absolute atomic E-state index is 0.0355. The van der Waals surface area contributed by atoms with E-state index in [1.165, 1.54) is 0 Å². The minimum atomic E-state index is 0.0355. The van der Waals surface area contributed by atoms with Gasteiger partial charge in [-0.25, -0.2) is 0 Å². The van der Waals surface area contributed by atoms with Crippen LogP contribution in [0.15, 0.2) is 30.3 Å². The molecule has 1 aliphatic rings. The Bertz CT molecular complexity index is 523. The predicted molar refractivity (Wildman–Crippen MR) is 93.7 cm³/mol. The van der Waals surface area contributed by atoms with Gasteiger partial charge in [-0.3, -0.25) is 9.59 Å². The fourth-order valence-corrected chi connectivity index (χ4v) is 2.77. The van der Waals surface area contributed by atoms with Gasteiger partial charge in [0, 0.05) is 25.6 Å². The number of rotatable bonds is 7. The van der Waals surface area contributed by atoms with Crippen LogP contribution in [-0.4, -0.2) is 43.0 Å². The number of hydrogen-bond acceptors (Lipinski definition) is 3. The van der Waals surface area contributed by atoms with Crippen LogP contribution >= 0.6 is 0 Å². The van der Waals surface area contributed by atoms with Crippen molar-refractivity contribution in [2.45, 2.75) is 33.1 Å². The maximum Gasteiger partial charge on any atom is 0.225 e. The minimum Gasteiger partial charge on any atom is -0.493 e. The van der Waals surface area contributed by atoms with E-state index in [0.29, 0.717) is 32.0 Å². The summed E-state index contributed by atoms with van der Waals surface area (Å²) in [6, 6.07) is 9.51. The molecule has 0 radical (unpaired) electrons. The van der Waals surface area contributed by atoms with Gasteiger partial charge in [-0.15, -0.1) is 0 Å². The van der Waals surface area contributed by atoms with E-state index in [-0.39, 0.29) is 17.7 Å². The van der Waals surface area contributed by atoms with Gasteiger partial charge in [-0.1, -0.05) is 32.0 Å². The Balaban J connectivity index is 1.66. The molecule has 0 aromatic heterocycles. The number of likely N-dealkylation sites (tertiary alicyclic amines) is 1. The third-order valence-electron chi connectivity index (χ3n) is 4.23. The summed E-state index contributed by atoms with van der Waals surface area (Å²) in [5.41, 5.74) is 0. The molecule has 0 unspecified atom stereocenters. The molecule has 2 amide bonds. The molecule has 1 fully saturated rings. The van der Waals surface area contributed by atoms with Crippen molar-refractivity contribution in [2.24, 2.45) is 11.8 Å². The van der Waals surface area contributed by atoms with Gasteiger partial charge < -0.3 is 15.0 Å². The zero-order valence-electron chi connectivity index (χ0n) is 14.7. The van der Waals surface area contributed by atoms with Crippen LogP contribution in [0.5, 0.6) is 5.75 Å². The molecule has 5 heteroatoms. The third-order valence-corrected chi connectivity index (χ3v) is 4.23. The van der Waals surface area contributed by atoms with Crippen LogP contribution in [0.3, 0.4) is 0 Å². The summed E-state index contributed by atoms with van der Waals surface area (Å²) in [6.45, 7) is 6.58. The number of benzene rings is 1. The average molecular weight is 332 g/mol. The quantitative estimate of drug-likeness (QED) is 0.834. The fraction of sp³-hybridized carbons (Fsp3) is 0.579. The van der Waals surface area contributed by atoms with Crippen LogP contribution in [0.25, 0.3) is 0 Å². The molecule has 0 saturated carbocycles. The maximum atomic E-state index is 12.2. The molecule has 1 aliphatic heterocycles. The number of para-hydroxylation sites is 1. The molecule has 0 atom stereocenters. The van der Waals surface area contributed by atoms with Crippen molar-refractivity contribution >= 4 is 11.8 Å². The number of hydrogen-bond donors (Lipinski definition) is 1. The first kappa shape index (κ1) is 18.3. The Morgan fingerprint density at radius 1 is 1.21 bits per heavy atom. The summed E-state index contributed by atoms with van der Waals surface area (Å²) in [5.74, 6) is 1.51. The summed E-state index contributed by atoms with van der Waals surface area (Å²) < 4.78 is 5.57. The number of ether oxygens (including phenoxy) is 1.